The van der Waals surface area contributed by atoms with Crippen LogP contribution in [0.2, 0.25) is 0 Å². The molecule has 0 saturated carbocycles. The van der Waals surface area contributed by atoms with Gasteiger partial charge >= 0.3 is 5.97 Å². The third kappa shape index (κ3) is 4.14. The molecule has 1 unspecified atom stereocenters. The van der Waals surface area contributed by atoms with Gasteiger partial charge in [-0.05, 0) is 56.3 Å². The lowest BCUT2D eigenvalue weighted by molar-refractivity contribution is -0.138. The third-order valence-corrected chi connectivity index (χ3v) is 3.95. The number of methoxy groups -OCH3 is 1. The van der Waals surface area contributed by atoms with Gasteiger partial charge in [-0.3, -0.25) is 0 Å². The van der Waals surface area contributed by atoms with Gasteiger partial charge in [0.25, 0.3) is 0 Å². The molecule has 0 radical (unpaired) electrons. The van der Waals surface area contributed by atoms with E-state index in [1.165, 1.54) is 0 Å². The van der Waals surface area contributed by atoms with Gasteiger partial charge in [-0.15, -0.1) is 0 Å². The van der Waals surface area contributed by atoms with E-state index < -0.39 is 0 Å². The molecule has 24 heavy (non-hydrogen) atoms. The Morgan fingerprint density at radius 2 is 2.00 bits per heavy atom. The highest BCUT2D eigenvalue weighted by atomic mass is 32.1. The second-order valence-corrected chi connectivity index (χ2v) is 5.86. The minimum absolute atomic E-state index is 0.320. The van der Waals surface area contributed by atoms with E-state index in [4.69, 9.17) is 21.7 Å². The van der Waals surface area contributed by atoms with E-state index in [2.05, 4.69) is 10.6 Å². The molecule has 0 bridgehead atoms. The van der Waals surface area contributed by atoms with Gasteiger partial charge in [0.1, 0.15) is 5.75 Å². The van der Waals surface area contributed by atoms with E-state index in [0.29, 0.717) is 23.0 Å². The van der Waals surface area contributed by atoms with Crippen LogP contribution in [-0.4, -0.2) is 30.8 Å². The average Bonchev–Trinajstić information content (AvgIpc) is 2.54. The van der Waals surface area contributed by atoms with Crippen molar-refractivity contribution in [1.82, 2.24) is 10.6 Å². The monoisotopic (exact) mass is 346 g/mol. The van der Waals surface area contributed by atoms with Gasteiger partial charge in [-0.1, -0.05) is 18.2 Å². The number of esters is 1. The molecule has 0 spiro atoms. The van der Waals surface area contributed by atoms with Crippen molar-refractivity contribution in [1.29, 1.82) is 0 Å². The van der Waals surface area contributed by atoms with Crippen molar-refractivity contribution in [2.45, 2.75) is 26.8 Å². The van der Waals surface area contributed by atoms with Crippen LogP contribution in [0.1, 0.15) is 26.3 Å². The third-order valence-electron chi connectivity index (χ3n) is 3.73. The predicted octanol–water partition coefficient (Wildman–Crippen LogP) is 2.78. The van der Waals surface area contributed by atoms with E-state index in [1.807, 2.05) is 44.2 Å². The first-order valence-electron chi connectivity index (χ1n) is 7.74. The first-order valence-corrected chi connectivity index (χ1v) is 8.14. The molecule has 6 heteroatoms. The molecular formula is C18H22N2O3S. The number of benzene rings is 1. The number of allylic oxidation sites excluding steroid dienone is 1. The topological polar surface area (TPSA) is 59.6 Å². The van der Waals surface area contributed by atoms with Gasteiger partial charge in [0, 0.05) is 5.70 Å². The lowest BCUT2D eigenvalue weighted by Crippen LogP contribution is -2.50. The number of nitrogens with one attached hydrogen (secondary N) is 2. The highest BCUT2D eigenvalue weighted by Gasteiger charge is 2.30. The summed E-state index contributed by atoms with van der Waals surface area (Å²) in [7, 11) is 1.63. The lowest BCUT2D eigenvalue weighted by atomic mass is 9.95. The Kier molecular flexibility index (Phi) is 5.98. The van der Waals surface area contributed by atoms with E-state index in [0.717, 1.165) is 16.9 Å². The maximum atomic E-state index is 12.3. The van der Waals surface area contributed by atoms with Crippen LogP contribution in [0.4, 0.5) is 0 Å². The molecule has 1 aromatic rings. The van der Waals surface area contributed by atoms with Crippen molar-refractivity contribution in [3.05, 3.63) is 46.7 Å². The highest BCUT2D eigenvalue weighted by Crippen LogP contribution is 2.22. The summed E-state index contributed by atoms with van der Waals surface area (Å²) >= 11 is 5.23. The standard InChI is InChI=1S/C18H22N2O3S/c1-5-23-17(21)15-12(3)19-18(24)20-16(15)11(2)10-13-6-8-14(22-4)9-7-13/h6-10,16H,5H2,1-4H3,(H2,19,20,24). The van der Waals surface area contributed by atoms with E-state index in [9.17, 15) is 4.79 Å². The van der Waals surface area contributed by atoms with Crippen LogP contribution in [0, 0.1) is 0 Å². The first kappa shape index (κ1) is 18.0. The summed E-state index contributed by atoms with van der Waals surface area (Å²) in [5.74, 6) is 0.457. The second-order valence-electron chi connectivity index (χ2n) is 5.45. The molecule has 1 atom stereocenters. The van der Waals surface area contributed by atoms with Crippen molar-refractivity contribution in [2.75, 3.05) is 13.7 Å². The Morgan fingerprint density at radius 1 is 1.33 bits per heavy atom. The number of ether oxygens (including phenoxy) is 2. The smallest absolute Gasteiger partial charge is 0.338 e. The molecule has 0 aliphatic carbocycles. The minimum atomic E-state index is -0.343. The molecule has 1 aromatic carbocycles. The first-order chi connectivity index (χ1) is 11.5. The van der Waals surface area contributed by atoms with Crippen molar-refractivity contribution in [3.63, 3.8) is 0 Å². The average molecular weight is 346 g/mol. The van der Waals surface area contributed by atoms with Gasteiger partial charge < -0.3 is 20.1 Å². The number of hydrogen-bond donors (Lipinski definition) is 2. The summed E-state index contributed by atoms with van der Waals surface area (Å²) in [6.45, 7) is 5.90. The summed E-state index contributed by atoms with van der Waals surface area (Å²) < 4.78 is 10.4. The second kappa shape index (κ2) is 7.97. The summed E-state index contributed by atoms with van der Waals surface area (Å²) in [4.78, 5) is 12.3. The molecule has 0 saturated heterocycles. The van der Waals surface area contributed by atoms with Gasteiger partial charge in [0.2, 0.25) is 0 Å². The number of thiocarbonyl (C=S) groups is 1. The number of carbonyl (C=O) groups excluding carboxylic acids is 1. The molecule has 128 valence electrons. The van der Waals surface area contributed by atoms with Crippen molar-refractivity contribution in [3.8, 4) is 5.75 Å². The molecular weight excluding hydrogens is 324 g/mol. The van der Waals surface area contributed by atoms with Crippen molar-refractivity contribution < 1.29 is 14.3 Å². The minimum Gasteiger partial charge on any atom is -0.497 e. The van der Waals surface area contributed by atoms with Crippen LogP contribution in [0.15, 0.2) is 41.1 Å². The SMILES string of the molecule is CCOC(=O)C1=C(C)NC(=S)NC1C(C)=Cc1ccc(OC)cc1. The Bertz CT molecular complexity index is 693. The van der Waals surface area contributed by atoms with Crippen LogP contribution in [0.3, 0.4) is 0 Å². The molecule has 2 rings (SSSR count). The molecule has 0 fully saturated rings. The normalized spacial score (nSPS) is 17.9. The summed E-state index contributed by atoms with van der Waals surface area (Å²) in [5.41, 5.74) is 3.24. The fraction of sp³-hybridized carbons (Fsp3) is 0.333. The zero-order valence-electron chi connectivity index (χ0n) is 14.3. The summed E-state index contributed by atoms with van der Waals surface area (Å²) in [6.07, 6.45) is 2.01. The molecule has 5 nitrogen and oxygen atoms in total. The molecule has 1 aliphatic rings. The summed E-state index contributed by atoms with van der Waals surface area (Å²) in [5, 5.41) is 6.63. The van der Waals surface area contributed by atoms with Crippen LogP contribution in [0.25, 0.3) is 6.08 Å². The highest BCUT2D eigenvalue weighted by molar-refractivity contribution is 7.80. The van der Waals surface area contributed by atoms with Gasteiger partial charge in [-0.2, -0.15) is 0 Å². The number of rotatable bonds is 5. The zero-order chi connectivity index (χ0) is 17.7. The van der Waals surface area contributed by atoms with Gasteiger partial charge in [0.05, 0.1) is 25.3 Å². The van der Waals surface area contributed by atoms with Crippen molar-refractivity contribution in [2.24, 2.45) is 0 Å². The van der Waals surface area contributed by atoms with Crippen LogP contribution >= 0.6 is 12.2 Å². The van der Waals surface area contributed by atoms with Crippen LogP contribution < -0.4 is 15.4 Å². The predicted molar refractivity (Wildman–Crippen MR) is 98.6 cm³/mol. The number of carbonyl (C=O) groups is 1. The molecule has 2 N–H and O–H groups in total. The fourth-order valence-corrected chi connectivity index (χ4v) is 2.83. The Morgan fingerprint density at radius 3 is 2.58 bits per heavy atom. The lowest BCUT2D eigenvalue weighted by Gasteiger charge is -2.30. The molecule has 1 aliphatic heterocycles. The zero-order valence-corrected chi connectivity index (χ0v) is 15.1. The maximum Gasteiger partial charge on any atom is 0.338 e. The Hall–Kier alpha value is -2.34. The fourth-order valence-electron chi connectivity index (χ4n) is 2.56. The van der Waals surface area contributed by atoms with Gasteiger partial charge in [0.15, 0.2) is 5.11 Å². The Balaban J connectivity index is 2.34. The molecule has 1 heterocycles. The van der Waals surface area contributed by atoms with Gasteiger partial charge in [-0.25, -0.2) is 4.79 Å². The van der Waals surface area contributed by atoms with E-state index in [1.54, 1.807) is 14.0 Å². The maximum absolute atomic E-state index is 12.3. The Labute approximate surface area is 147 Å². The van der Waals surface area contributed by atoms with Crippen LogP contribution in [-0.2, 0) is 9.53 Å². The number of hydrogen-bond acceptors (Lipinski definition) is 4. The summed E-state index contributed by atoms with van der Waals surface area (Å²) in [6, 6.07) is 7.39. The van der Waals surface area contributed by atoms with Crippen LogP contribution in [0.5, 0.6) is 5.75 Å². The molecule has 0 amide bonds. The quantitative estimate of drug-likeness (QED) is 0.632. The largest absolute Gasteiger partial charge is 0.497 e. The van der Waals surface area contributed by atoms with Crippen molar-refractivity contribution >= 4 is 29.4 Å². The van der Waals surface area contributed by atoms with E-state index in [-0.39, 0.29) is 12.0 Å². The molecule has 0 aromatic heterocycles. The van der Waals surface area contributed by atoms with E-state index >= 15 is 0 Å².